The minimum absolute atomic E-state index is 0.247. The zero-order valence-corrected chi connectivity index (χ0v) is 13.5. The molecule has 0 aromatic heterocycles. The second-order valence-corrected chi connectivity index (χ2v) is 8.09. The first-order valence-corrected chi connectivity index (χ1v) is 9.20. The van der Waals surface area contributed by atoms with E-state index in [9.17, 15) is 8.42 Å². The van der Waals surface area contributed by atoms with E-state index in [2.05, 4.69) is 0 Å². The molecular weight excluding hydrogens is 296 g/mol. The van der Waals surface area contributed by atoms with Crippen molar-refractivity contribution in [1.82, 2.24) is 0 Å². The Kier molecular flexibility index (Phi) is 4.97. The van der Waals surface area contributed by atoms with Crippen LogP contribution in [0.25, 0.3) is 0 Å². The van der Waals surface area contributed by atoms with Crippen molar-refractivity contribution >= 4 is 21.4 Å². The molecule has 1 aromatic carbocycles. The quantitative estimate of drug-likeness (QED) is 0.796. The highest BCUT2D eigenvalue weighted by molar-refractivity contribution is 7.92. The van der Waals surface area contributed by atoms with Gasteiger partial charge in [-0.15, -0.1) is 11.6 Å². The molecule has 0 bridgehead atoms. The molecule has 2 atom stereocenters. The molecule has 1 aromatic rings. The molecule has 112 valence electrons. The number of alkyl halides is 1. The third-order valence-corrected chi connectivity index (χ3v) is 6.69. The lowest BCUT2D eigenvalue weighted by molar-refractivity contribution is 0.335. The molecule has 0 spiro atoms. The Morgan fingerprint density at radius 3 is 2.80 bits per heavy atom. The van der Waals surface area contributed by atoms with Crippen LogP contribution in [0.4, 0.5) is 0 Å². The molecule has 2 rings (SSSR count). The summed E-state index contributed by atoms with van der Waals surface area (Å²) in [5, 5.41) is -1.04. The molecule has 0 radical (unpaired) electrons. The van der Waals surface area contributed by atoms with E-state index in [1.54, 1.807) is 0 Å². The van der Waals surface area contributed by atoms with Crippen LogP contribution in [0.5, 0.6) is 5.75 Å². The number of hydrogen-bond acceptors (Lipinski definition) is 3. The molecule has 0 N–H and O–H groups in total. The molecule has 1 aliphatic heterocycles. The Labute approximate surface area is 126 Å². The highest BCUT2D eigenvalue weighted by Gasteiger charge is 2.36. The van der Waals surface area contributed by atoms with E-state index in [1.807, 2.05) is 32.0 Å². The first-order valence-electron chi connectivity index (χ1n) is 7.04. The third kappa shape index (κ3) is 3.29. The van der Waals surface area contributed by atoms with Crippen LogP contribution in [0, 0.1) is 6.92 Å². The summed E-state index contributed by atoms with van der Waals surface area (Å²) in [6.07, 6.45) is 2.30. The average molecular weight is 317 g/mol. The van der Waals surface area contributed by atoms with Gasteiger partial charge in [0.2, 0.25) is 0 Å². The second kappa shape index (κ2) is 6.35. The fourth-order valence-corrected chi connectivity index (χ4v) is 5.39. The Bertz CT molecular complexity index is 568. The zero-order valence-electron chi connectivity index (χ0n) is 11.9. The SMILES string of the molecule is CCOc1ccc(C)cc1C(Cl)C1CCCCS1(=O)=O. The Morgan fingerprint density at radius 1 is 1.40 bits per heavy atom. The van der Waals surface area contributed by atoms with E-state index >= 15 is 0 Å². The van der Waals surface area contributed by atoms with Gasteiger partial charge in [-0.3, -0.25) is 0 Å². The fourth-order valence-electron chi connectivity index (χ4n) is 2.68. The van der Waals surface area contributed by atoms with Gasteiger partial charge in [0, 0.05) is 5.56 Å². The normalized spacial score (nSPS) is 23.2. The largest absolute Gasteiger partial charge is 0.494 e. The van der Waals surface area contributed by atoms with Crippen molar-refractivity contribution in [3.05, 3.63) is 29.3 Å². The number of sulfone groups is 1. The Hall–Kier alpha value is -0.740. The van der Waals surface area contributed by atoms with Crippen LogP contribution in [0.3, 0.4) is 0 Å². The molecule has 1 aliphatic rings. The Balaban J connectivity index is 2.36. The third-order valence-electron chi connectivity index (χ3n) is 3.72. The van der Waals surface area contributed by atoms with Crippen LogP contribution in [-0.4, -0.2) is 26.0 Å². The zero-order chi connectivity index (χ0) is 14.8. The fraction of sp³-hybridized carbons (Fsp3) is 0.600. The molecule has 0 saturated carbocycles. The van der Waals surface area contributed by atoms with Crippen LogP contribution in [0.1, 0.15) is 42.7 Å². The maximum absolute atomic E-state index is 12.2. The monoisotopic (exact) mass is 316 g/mol. The summed E-state index contributed by atoms with van der Waals surface area (Å²) in [6, 6.07) is 5.76. The highest BCUT2D eigenvalue weighted by atomic mass is 35.5. The topological polar surface area (TPSA) is 43.4 Å². The van der Waals surface area contributed by atoms with E-state index in [4.69, 9.17) is 16.3 Å². The minimum atomic E-state index is -3.10. The van der Waals surface area contributed by atoms with Crippen LogP contribution in [-0.2, 0) is 9.84 Å². The number of halogens is 1. The molecule has 2 unspecified atom stereocenters. The van der Waals surface area contributed by atoms with E-state index in [-0.39, 0.29) is 5.75 Å². The number of aryl methyl sites for hydroxylation is 1. The van der Waals surface area contributed by atoms with Crippen LogP contribution in [0.2, 0.25) is 0 Å². The van der Waals surface area contributed by atoms with Crippen LogP contribution < -0.4 is 4.74 Å². The number of hydrogen-bond donors (Lipinski definition) is 0. The molecule has 0 amide bonds. The molecule has 3 nitrogen and oxygen atoms in total. The minimum Gasteiger partial charge on any atom is -0.494 e. The van der Waals surface area contributed by atoms with Gasteiger partial charge in [-0.25, -0.2) is 8.42 Å². The van der Waals surface area contributed by atoms with Gasteiger partial charge in [-0.1, -0.05) is 24.1 Å². The van der Waals surface area contributed by atoms with Crippen molar-refractivity contribution < 1.29 is 13.2 Å². The maximum atomic E-state index is 12.2. The first-order chi connectivity index (χ1) is 9.45. The molecule has 1 heterocycles. The second-order valence-electron chi connectivity index (χ2n) is 5.28. The lowest BCUT2D eigenvalue weighted by Gasteiger charge is -2.27. The summed E-state index contributed by atoms with van der Waals surface area (Å²) < 4.78 is 30.0. The lowest BCUT2D eigenvalue weighted by atomic mass is 10.0. The van der Waals surface area contributed by atoms with Crippen molar-refractivity contribution in [2.24, 2.45) is 0 Å². The molecule has 1 fully saturated rings. The summed E-state index contributed by atoms with van der Waals surface area (Å²) in [5.41, 5.74) is 1.85. The van der Waals surface area contributed by atoms with Crippen molar-refractivity contribution in [3.63, 3.8) is 0 Å². The van der Waals surface area contributed by atoms with E-state index in [0.717, 1.165) is 24.0 Å². The smallest absolute Gasteiger partial charge is 0.154 e. The number of rotatable bonds is 4. The summed E-state index contributed by atoms with van der Waals surface area (Å²) in [6.45, 7) is 4.42. The van der Waals surface area contributed by atoms with E-state index in [0.29, 0.717) is 18.8 Å². The summed E-state index contributed by atoms with van der Waals surface area (Å²) in [4.78, 5) is 0. The average Bonchev–Trinajstić information content (AvgIpc) is 2.40. The van der Waals surface area contributed by atoms with Crippen molar-refractivity contribution in [2.45, 2.75) is 43.7 Å². The predicted molar refractivity (Wildman–Crippen MR) is 82.4 cm³/mol. The molecule has 5 heteroatoms. The lowest BCUT2D eigenvalue weighted by Crippen LogP contribution is -2.32. The van der Waals surface area contributed by atoms with Gasteiger partial charge in [0.15, 0.2) is 9.84 Å². The van der Waals surface area contributed by atoms with Gasteiger partial charge < -0.3 is 4.74 Å². The summed E-state index contributed by atoms with van der Waals surface area (Å²) >= 11 is 6.52. The van der Waals surface area contributed by atoms with Gasteiger partial charge in [-0.2, -0.15) is 0 Å². The Morgan fingerprint density at radius 2 is 2.15 bits per heavy atom. The summed E-state index contributed by atoms with van der Waals surface area (Å²) in [5.74, 6) is 0.940. The van der Waals surface area contributed by atoms with Crippen LogP contribution in [0.15, 0.2) is 18.2 Å². The van der Waals surface area contributed by atoms with Gasteiger partial charge in [0.25, 0.3) is 0 Å². The predicted octanol–water partition coefficient (Wildman–Crippen LogP) is 3.64. The van der Waals surface area contributed by atoms with Gasteiger partial charge in [0.1, 0.15) is 5.75 Å². The van der Waals surface area contributed by atoms with Gasteiger partial charge in [-0.05, 0) is 32.8 Å². The van der Waals surface area contributed by atoms with E-state index in [1.165, 1.54) is 0 Å². The maximum Gasteiger partial charge on any atom is 0.154 e. The van der Waals surface area contributed by atoms with Crippen molar-refractivity contribution in [3.8, 4) is 5.75 Å². The van der Waals surface area contributed by atoms with Crippen molar-refractivity contribution in [1.29, 1.82) is 0 Å². The van der Waals surface area contributed by atoms with Crippen LogP contribution >= 0.6 is 11.6 Å². The summed E-state index contributed by atoms with van der Waals surface area (Å²) in [7, 11) is -3.10. The first kappa shape index (κ1) is 15.6. The number of benzene rings is 1. The van der Waals surface area contributed by atoms with Gasteiger partial charge in [0.05, 0.1) is 23.0 Å². The molecule has 1 saturated heterocycles. The van der Waals surface area contributed by atoms with Gasteiger partial charge >= 0.3 is 0 Å². The molecule has 20 heavy (non-hydrogen) atoms. The van der Waals surface area contributed by atoms with Crippen molar-refractivity contribution in [2.75, 3.05) is 12.4 Å². The standard InChI is InChI=1S/C15H21ClO3S/c1-3-19-13-8-7-11(2)10-12(13)15(16)14-6-4-5-9-20(14,17)18/h7-8,10,14-15H,3-6,9H2,1-2H3. The molecule has 0 aliphatic carbocycles. The highest BCUT2D eigenvalue weighted by Crippen LogP contribution is 2.39. The van der Waals surface area contributed by atoms with E-state index < -0.39 is 20.5 Å². The molecular formula is C15H21ClO3S. The number of ether oxygens (including phenoxy) is 1.